The maximum Gasteiger partial charge on any atom is 0.258 e. The van der Waals surface area contributed by atoms with Crippen LogP contribution in [0.4, 0.5) is 0 Å². The summed E-state index contributed by atoms with van der Waals surface area (Å²) in [6.45, 7) is 5.39. The highest BCUT2D eigenvalue weighted by molar-refractivity contribution is 6.10. The molecule has 2 saturated heterocycles. The van der Waals surface area contributed by atoms with Crippen molar-refractivity contribution in [3.8, 4) is 0 Å². The van der Waals surface area contributed by atoms with Crippen molar-refractivity contribution < 1.29 is 19.1 Å². The molecule has 0 aromatic carbocycles. The van der Waals surface area contributed by atoms with Crippen LogP contribution >= 0.6 is 0 Å². The minimum absolute atomic E-state index is 0.0441. The van der Waals surface area contributed by atoms with Crippen molar-refractivity contribution >= 4 is 11.7 Å². The Labute approximate surface area is 165 Å². The number of aliphatic hydroxyl groups is 1. The molecule has 1 N–H and O–H groups in total. The average Bonchev–Trinajstić information content (AvgIpc) is 3.38. The zero-order valence-corrected chi connectivity index (χ0v) is 16.7. The zero-order chi connectivity index (χ0) is 19.4. The second kappa shape index (κ2) is 6.99. The minimum atomic E-state index is -0.292. The topological polar surface area (TPSA) is 74.0 Å². The van der Waals surface area contributed by atoms with Gasteiger partial charge in [-0.25, -0.2) is 0 Å². The first-order valence-electron chi connectivity index (χ1n) is 10.9. The summed E-state index contributed by atoms with van der Waals surface area (Å²) in [6.07, 6.45) is 5.94. The molecule has 2 aliphatic heterocycles. The summed E-state index contributed by atoms with van der Waals surface area (Å²) in [7, 11) is 0. The van der Waals surface area contributed by atoms with Gasteiger partial charge in [-0.15, -0.1) is 0 Å². The average molecular weight is 386 g/mol. The SMILES string of the molecule is Cc1oc2c(c1C(=O)N1C[C@H]3C[C@@H](N4CCCC4)[C@H](O)C[C@H]3C1)C(=O)CCC2. The molecule has 6 nitrogen and oxygen atoms in total. The van der Waals surface area contributed by atoms with E-state index in [4.69, 9.17) is 4.42 Å². The first-order valence-corrected chi connectivity index (χ1v) is 10.9. The second-order valence-electron chi connectivity index (χ2n) is 9.19. The number of fused-ring (bicyclic) bond motifs is 2. The Morgan fingerprint density at radius 1 is 1.07 bits per heavy atom. The highest BCUT2D eigenvalue weighted by Gasteiger charge is 2.46. The Morgan fingerprint density at radius 3 is 2.54 bits per heavy atom. The van der Waals surface area contributed by atoms with Gasteiger partial charge in [-0.1, -0.05) is 0 Å². The van der Waals surface area contributed by atoms with Gasteiger partial charge in [-0.05, 0) is 64.0 Å². The predicted molar refractivity (Wildman–Crippen MR) is 103 cm³/mol. The fourth-order valence-corrected chi connectivity index (χ4v) is 6.06. The van der Waals surface area contributed by atoms with E-state index in [0.717, 1.165) is 45.3 Å². The Kier molecular flexibility index (Phi) is 4.59. The number of aliphatic hydroxyl groups excluding tert-OH is 1. The predicted octanol–water partition coefficient (Wildman–Crippen LogP) is 2.41. The molecule has 0 spiro atoms. The number of carbonyl (C=O) groups excluding carboxylic acids is 2. The van der Waals surface area contributed by atoms with Crippen LogP contribution in [0.5, 0.6) is 0 Å². The number of likely N-dealkylation sites (tertiary alicyclic amines) is 2. The van der Waals surface area contributed by atoms with E-state index in [2.05, 4.69) is 4.90 Å². The van der Waals surface area contributed by atoms with Crippen LogP contribution in [0.3, 0.4) is 0 Å². The van der Waals surface area contributed by atoms with E-state index in [1.807, 2.05) is 4.90 Å². The maximum absolute atomic E-state index is 13.3. The van der Waals surface area contributed by atoms with Gasteiger partial charge < -0.3 is 14.4 Å². The Morgan fingerprint density at radius 2 is 1.79 bits per heavy atom. The fraction of sp³-hybridized carbons (Fsp3) is 0.727. The van der Waals surface area contributed by atoms with Crippen LogP contribution in [-0.2, 0) is 6.42 Å². The number of rotatable bonds is 2. The molecule has 0 radical (unpaired) electrons. The normalized spacial score (nSPS) is 33.2. The van der Waals surface area contributed by atoms with Crippen molar-refractivity contribution in [1.29, 1.82) is 0 Å². The third-order valence-electron chi connectivity index (χ3n) is 7.46. The number of Topliss-reactive ketones (excluding diaryl/α,β-unsaturated/α-hetero) is 1. The molecule has 2 aliphatic carbocycles. The molecule has 4 atom stereocenters. The largest absolute Gasteiger partial charge is 0.465 e. The Bertz CT molecular complexity index is 795. The van der Waals surface area contributed by atoms with Crippen molar-refractivity contribution in [2.24, 2.45) is 11.8 Å². The monoisotopic (exact) mass is 386 g/mol. The molecule has 4 aliphatic rings. The van der Waals surface area contributed by atoms with E-state index >= 15 is 0 Å². The number of nitrogens with zero attached hydrogens (tertiary/aromatic N) is 2. The van der Waals surface area contributed by atoms with Crippen molar-refractivity contribution in [2.75, 3.05) is 26.2 Å². The Hall–Kier alpha value is -1.66. The van der Waals surface area contributed by atoms with Gasteiger partial charge in [0.25, 0.3) is 5.91 Å². The van der Waals surface area contributed by atoms with Gasteiger partial charge in [0.2, 0.25) is 0 Å². The highest BCUT2D eigenvalue weighted by atomic mass is 16.3. The number of aryl methyl sites for hydroxylation is 2. The summed E-state index contributed by atoms with van der Waals surface area (Å²) in [5, 5.41) is 10.7. The van der Waals surface area contributed by atoms with Gasteiger partial charge in [0, 0.05) is 32.0 Å². The van der Waals surface area contributed by atoms with Gasteiger partial charge in [0.05, 0.1) is 17.2 Å². The highest BCUT2D eigenvalue weighted by Crippen LogP contribution is 2.40. The lowest BCUT2D eigenvalue weighted by atomic mass is 9.77. The van der Waals surface area contributed by atoms with E-state index in [0.29, 0.717) is 47.4 Å². The first kappa shape index (κ1) is 18.4. The van der Waals surface area contributed by atoms with Gasteiger partial charge in [0.15, 0.2) is 5.78 Å². The van der Waals surface area contributed by atoms with Crippen LogP contribution in [0.15, 0.2) is 4.42 Å². The lowest BCUT2D eigenvalue weighted by Gasteiger charge is -2.40. The molecule has 1 aromatic rings. The van der Waals surface area contributed by atoms with Crippen LogP contribution in [0.1, 0.15) is 70.8 Å². The van der Waals surface area contributed by atoms with Crippen LogP contribution < -0.4 is 0 Å². The molecule has 3 fully saturated rings. The van der Waals surface area contributed by atoms with Crippen LogP contribution in [0.2, 0.25) is 0 Å². The molecule has 1 saturated carbocycles. The second-order valence-corrected chi connectivity index (χ2v) is 9.19. The van der Waals surface area contributed by atoms with E-state index in [9.17, 15) is 14.7 Å². The first-order chi connectivity index (χ1) is 13.5. The van der Waals surface area contributed by atoms with E-state index in [1.54, 1.807) is 6.92 Å². The number of ketones is 1. The summed E-state index contributed by atoms with van der Waals surface area (Å²) in [6, 6.07) is 0.240. The fourth-order valence-electron chi connectivity index (χ4n) is 6.06. The number of amides is 1. The third kappa shape index (κ3) is 2.92. The summed E-state index contributed by atoms with van der Waals surface area (Å²) < 4.78 is 5.79. The number of carbonyl (C=O) groups is 2. The summed E-state index contributed by atoms with van der Waals surface area (Å²) in [5.74, 6) is 2.06. The summed E-state index contributed by atoms with van der Waals surface area (Å²) in [5.41, 5.74) is 1.04. The quantitative estimate of drug-likeness (QED) is 0.845. The lowest BCUT2D eigenvalue weighted by molar-refractivity contribution is -0.000865. The number of hydrogen-bond donors (Lipinski definition) is 1. The van der Waals surface area contributed by atoms with Crippen LogP contribution in [-0.4, -0.2) is 64.9 Å². The molecule has 152 valence electrons. The van der Waals surface area contributed by atoms with E-state index < -0.39 is 0 Å². The number of furan rings is 1. The summed E-state index contributed by atoms with van der Waals surface area (Å²) in [4.78, 5) is 30.2. The molecule has 0 bridgehead atoms. The minimum Gasteiger partial charge on any atom is -0.465 e. The molecule has 0 unspecified atom stereocenters. The molecule has 6 heteroatoms. The van der Waals surface area contributed by atoms with E-state index in [-0.39, 0.29) is 23.8 Å². The lowest BCUT2D eigenvalue weighted by Crippen LogP contribution is -2.48. The maximum atomic E-state index is 13.3. The van der Waals surface area contributed by atoms with E-state index in [1.165, 1.54) is 12.8 Å². The van der Waals surface area contributed by atoms with Crippen LogP contribution in [0, 0.1) is 18.8 Å². The van der Waals surface area contributed by atoms with Crippen molar-refractivity contribution in [2.45, 2.75) is 64.0 Å². The molecule has 1 aromatic heterocycles. The summed E-state index contributed by atoms with van der Waals surface area (Å²) >= 11 is 0. The van der Waals surface area contributed by atoms with Crippen molar-refractivity contribution in [1.82, 2.24) is 9.80 Å². The van der Waals surface area contributed by atoms with Crippen molar-refractivity contribution in [3.63, 3.8) is 0 Å². The zero-order valence-electron chi connectivity index (χ0n) is 16.7. The Balaban J connectivity index is 1.35. The molecule has 5 rings (SSSR count). The molecule has 28 heavy (non-hydrogen) atoms. The van der Waals surface area contributed by atoms with Crippen LogP contribution in [0.25, 0.3) is 0 Å². The molecule has 1 amide bonds. The number of hydrogen-bond acceptors (Lipinski definition) is 5. The third-order valence-corrected chi connectivity index (χ3v) is 7.46. The molecular formula is C22H30N2O4. The molecular weight excluding hydrogens is 356 g/mol. The molecule has 3 heterocycles. The van der Waals surface area contributed by atoms with Gasteiger partial charge in [-0.3, -0.25) is 14.5 Å². The van der Waals surface area contributed by atoms with Gasteiger partial charge in [-0.2, -0.15) is 0 Å². The van der Waals surface area contributed by atoms with Crippen molar-refractivity contribution in [3.05, 3.63) is 22.6 Å². The van der Waals surface area contributed by atoms with Gasteiger partial charge >= 0.3 is 0 Å². The standard InChI is InChI=1S/C22H30N2O4/c1-13-20(21-17(25)5-4-6-19(21)28-13)22(27)24-11-14-9-16(23-7-2-3-8-23)18(26)10-15(14)12-24/h14-16,18,26H,2-12H2,1H3/t14-,15+,16-,18-/m1/s1. The van der Waals surface area contributed by atoms with Gasteiger partial charge in [0.1, 0.15) is 11.5 Å². The smallest absolute Gasteiger partial charge is 0.258 e.